The summed E-state index contributed by atoms with van der Waals surface area (Å²) < 4.78 is 7.35. The Labute approximate surface area is 179 Å². The highest BCUT2D eigenvalue weighted by Gasteiger charge is 2.25. The lowest BCUT2D eigenvalue weighted by Crippen LogP contribution is -2.14. The number of carbonyl (C=O) groups is 1. The van der Waals surface area contributed by atoms with Crippen molar-refractivity contribution in [2.75, 3.05) is 12.3 Å². The molecule has 0 radical (unpaired) electrons. The Morgan fingerprint density at radius 2 is 1.80 bits per heavy atom. The maximum atomic E-state index is 12.9. The van der Waals surface area contributed by atoms with Crippen molar-refractivity contribution in [3.05, 3.63) is 64.7 Å². The Bertz CT molecular complexity index is 1220. The quantitative estimate of drug-likeness (QED) is 0.438. The van der Waals surface area contributed by atoms with Crippen LogP contribution in [0.2, 0.25) is 5.02 Å². The third kappa shape index (κ3) is 3.83. The predicted molar refractivity (Wildman–Crippen MR) is 120 cm³/mol. The highest BCUT2D eigenvalue weighted by atomic mass is 35.5. The van der Waals surface area contributed by atoms with E-state index in [1.807, 2.05) is 55.5 Å². The Morgan fingerprint density at radius 3 is 2.47 bits per heavy atom. The van der Waals surface area contributed by atoms with Gasteiger partial charge < -0.3 is 15.0 Å². The molecule has 2 heterocycles. The first-order valence-electron chi connectivity index (χ1n) is 9.94. The number of halogens is 1. The van der Waals surface area contributed by atoms with Gasteiger partial charge in [0.25, 0.3) is 0 Å². The van der Waals surface area contributed by atoms with Gasteiger partial charge in [0.2, 0.25) is 0 Å². The Kier molecular flexibility index (Phi) is 5.59. The second-order valence-corrected chi connectivity index (χ2v) is 7.91. The summed E-state index contributed by atoms with van der Waals surface area (Å²) in [7, 11) is 0. The van der Waals surface area contributed by atoms with Crippen molar-refractivity contribution in [1.29, 1.82) is 0 Å². The van der Waals surface area contributed by atoms with E-state index in [2.05, 4.69) is 6.92 Å². The first kappa shape index (κ1) is 20.2. The standard InChI is InChI=1S/C23H23ClN4O2/c1-3-14(2)13-30-23(29)19-20-22(27-18-7-5-4-6-17(18)26-20)28(21(19)25)12-15-8-10-16(24)11-9-15/h4-11,14H,3,12-13,25H2,1-2H3. The fourth-order valence-electron chi connectivity index (χ4n) is 3.26. The number of hydrogen-bond donors (Lipinski definition) is 1. The number of para-hydroxylation sites is 2. The van der Waals surface area contributed by atoms with E-state index in [4.69, 9.17) is 32.0 Å². The molecule has 0 saturated carbocycles. The van der Waals surface area contributed by atoms with Crippen LogP contribution in [0.4, 0.5) is 5.82 Å². The number of nitrogen functional groups attached to an aromatic ring is 1. The number of rotatable bonds is 6. The number of aromatic nitrogens is 3. The molecule has 0 saturated heterocycles. The fourth-order valence-corrected chi connectivity index (χ4v) is 3.38. The Hall–Kier alpha value is -3.12. The molecule has 154 valence electrons. The van der Waals surface area contributed by atoms with Crippen LogP contribution < -0.4 is 5.73 Å². The minimum atomic E-state index is -0.475. The first-order valence-corrected chi connectivity index (χ1v) is 10.3. The molecule has 30 heavy (non-hydrogen) atoms. The summed E-state index contributed by atoms with van der Waals surface area (Å²) in [5.41, 5.74) is 10.1. The van der Waals surface area contributed by atoms with Crippen LogP contribution in [0.3, 0.4) is 0 Å². The number of hydrogen-bond acceptors (Lipinski definition) is 5. The number of anilines is 1. The van der Waals surface area contributed by atoms with Gasteiger partial charge in [-0.15, -0.1) is 0 Å². The molecule has 2 N–H and O–H groups in total. The number of ether oxygens (including phenoxy) is 1. The van der Waals surface area contributed by atoms with E-state index in [-0.39, 0.29) is 11.5 Å². The van der Waals surface area contributed by atoms with Crippen LogP contribution in [0.5, 0.6) is 0 Å². The molecule has 7 heteroatoms. The van der Waals surface area contributed by atoms with Crippen molar-refractivity contribution in [2.45, 2.75) is 26.8 Å². The molecule has 0 amide bonds. The van der Waals surface area contributed by atoms with Gasteiger partial charge in [0.15, 0.2) is 5.65 Å². The van der Waals surface area contributed by atoms with E-state index >= 15 is 0 Å². The van der Waals surface area contributed by atoms with Crippen LogP contribution in [0.25, 0.3) is 22.2 Å². The molecule has 4 rings (SSSR count). The zero-order chi connectivity index (χ0) is 21.3. The fraction of sp³-hybridized carbons (Fsp3) is 0.261. The van der Waals surface area contributed by atoms with Crippen molar-refractivity contribution in [1.82, 2.24) is 14.5 Å². The van der Waals surface area contributed by atoms with Crippen molar-refractivity contribution in [3.63, 3.8) is 0 Å². The molecule has 0 spiro atoms. The molecule has 0 aliphatic heterocycles. The average Bonchev–Trinajstić information content (AvgIpc) is 3.02. The van der Waals surface area contributed by atoms with E-state index in [9.17, 15) is 4.79 Å². The smallest absolute Gasteiger partial charge is 0.344 e. The van der Waals surface area contributed by atoms with Gasteiger partial charge in [-0.1, -0.05) is 56.1 Å². The number of nitrogens with zero attached hydrogens (tertiary/aromatic N) is 3. The van der Waals surface area contributed by atoms with Crippen molar-refractivity contribution >= 4 is 45.6 Å². The van der Waals surface area contributed by atoms with Crippen LogP contribution in [0.15, 0.2) is 48.5 Å². The van der Waals surface area contributed by atoms with E-state index in [0.717, 1.165) is 17.5 Å². The number of esters is 1. The molecule has 2 aromatic heterocycles. The Balaban J connectivity index is 1.85. The first-order chi connectivity index (χ1) is 14.5. The molecule has 0 aliphatic rings. The minimum Gasteiger partial charge on any atom is -0.462 e. The summed E-state index contributed by atoms with van der Waals surface area (Å²) in [6.07, 6.45) is 0.922. The summed E-state index contributed by atoms with van der Waals surface area (Å²) in [5, 5.41) is 0.657. The topological polar surface area (TPSA) is 83.0 Å². The van der Waals surface area contributed by atoms with Gasteiger partial charge in [-0.2, -0.15) is 0 Å². The van der Waals surface area contributed by atoms with E-state index in [0.29, 0.717) is 40.7 Å². The summed E-state index contributed by atoms with van der Waals surface area (Å²) in [4.78, 5) is 22.4. The zero-order valence-corrected chi connectivity index (χ0v) is 17.7. The van der Waals surface area contributed by atoms with Gasteiger partial charge in [0.1, 0.15) is 16.9 Å². The molecular weight excluding hydrogens is 400 g/mol. The van der Waals surface area contributed by atoms with Crippen molar-refractivity contribution < 1.29 is 9.53 Å². The molecule has 0 fully saturated rings. The maximum Gasteiger partial charge on any atom is 0.344 e. The lowest BCUT2D eigenvalue weighted by atomic mass is 10.1. The second kappa shape index (κ2) is 8.32. The van der Waals surface area contributed by atoms with E-state index < -0.39 is 5.97 Å². The molecule has 1 atom stereocenters. The Morgan fingerprint density at radius 1 is 1.13 bits per heavy atom. The third-order valence-corrected chi connectivity index (χ3v) is 5.50. The summed E-state index contributed by atoms with van der Waals surface area (Å²) in [5.74, 6) is 0.0890. The van der Waals surface area contributed by atoms with Gasteiger partial charge >= 0.3 is 5.97 Å². The van der Waals surface area contributed by atoms with Crippen LogP contribution in [-0.2, 0) is 11.3 Å². The number of fused-ring (bicyclic) bond motifs is 2. The SMILES string of the molecule is CCC(C)COC(=O)c1c(N)n(Cc2ccc(Cl)cc2)c2nc3ccccc3nc12. The average molecular weight is 423 g/mol. The highest BCUT2D eigenvalue weighted by Crippen LogP contribution is 2.29. The third-order valence-electron chi connectivity index (χ3n) is 5.25. The van der Waals surface area contributed by atoms with Gasteiger partial charge in [-0.3, -0.25) is 0 Å². The molecule has 2 aromatic carbocycles. The zero-order valence-electron chi connectivity index (χ0n) is 16.9. The summed E-state index contributed by atoms with van der Waals surface area (Å²) in [6, 6.07) is 15.0. The van der Waals surface area contributed by atoms with Crippen molar-refractivity contribution in [2.24, 2.45) is 5.92 Å². The van der Waals surface area contributed by atoms with Gasteiger partial charge in [0, 0.05) is 5.02 Å². The largest absolute Gasteiger partial charge is 0.462 e. The molecule has 1 unspecified atom stereocenters. The molecule has 0 bridgehead atoms. The maximum absolute atomic E-state index is 12.9. The number of benzene rings is 2. The van der Waals surface area contributed by atoms with Crippen LogP contribution in [-0.4, -0.2) is 27.1 Å². The lowest BCUT2D eigenvalue weighted by molar-refractivity contribution is 0.0450. The van der Waals surface area contributed by atoms with Gasteiger partial charge in [0.05, 0.1) is 24.2 Å². The van der Waals surface area contributed by atoms with Crippen LogP contribution in [0.1, 0.15) is 36.2 Å². The van der Waals surface area contributed by atoms with Crippen LogP contribution >= 0.6 is 11.6 Å². The minimum absolute atomic E-state index is 0.264. The van der Waals surface area contributed by atoms with E-state index in [1.165, 1.54) is 0 Å². The highest BCUT2D eigenvalue weighted by molar-refractivity contribution is 6.30. The number of carbonyl (C=O) groups excluding carboxylic acids is 1. The predicted octanol–water partition coefficient (Wildman–Crippen LogP) is 5.07. The second-order valence-electron chi connectivity index (χ2n) is 7.47. The molecular formula is C23H23ClN4O2. The molecule has 6 nitrogen and oxygen atoms in total. The van der Waals surface area contributed by atoms with Crippen LogP contribution in [0, 0.1) is 5.92 Å². The van der Waals surface area contributed by atoms with Gasteiger partial charge in [-0.25, -0.2) is 14.8 Å². The summed E-state index contributed by atoms with van der Waals surface area (Å²) >= 11 is 6.01. The normalized spacial score (nSPS) is 12.4. The van der Waals surface area contributed by atoms with Crippen molar-refractivity contribution in [3.8, 4) is 0 Å². The van der Waals surface area contributed by atoms with Gasteiger partial charge in [-0.05, 0) is 35.7 Å². The molecule has 4 aromatic rings. The lowest BCUT2D eigenvalue weighted by Gasteiger charge is -2.10. The van der Waals surface area contributed by atoms with E-state index in [1.54, 1.807) is 4.57 Å². The molecule has 0 aliphatic carbocycles. The monoisotopic (exact) mass is 422 g/mol. The summed E-state index contributed by atoms with van der Waals surface area (Å²) in [6.45, 7) is 4.86. The number of nitrogens with two attached hydrogens (primary N) is 1.